The molecular formula is C41H74O5. The third kappa shape index (κ3) is 35.0. The second-order valence-electron chi connectivity index (χ2n) is 12.8. The van der Waals surface area contributed by atoms with Crippen LogP contribution in [0.4, 0.5) is 0 Å². The Kier molecular flexibility index (Phi) is 36.0. The van der Waals surface area contributed by atoms with Gasteiger partial charge in [0.1, 0.15) is 6.61 Å². The molecule has 0 rings (SSSR count). The molecule has 0 aliphatic carbocycles. The molecule has 0 aromatic rings. The van der Waals surface area contributed by atoms with Crippen LogP contribution in [0.2, 0.25) is 0 Å². The molecule has 0 aromatic heterocycles. The second kappa shape index (κ2) is 37.6. The van der Waals surface area contributed by atoms with E-state index in [1.54, 1.807) is 0 Å². The molecule has 5 heteroatoms. The van der Waals surface area contributed by atoms with E-state index in [2.05, 4.69) is 57.2 Å². The molecule has 1 unspecified atom stereocenters. The lowest BCUT2D eigenvalue weighted by molar-refractivity contribution is -0.163. The average molecular weight is 647 g/mol. The summed E-state index contributed by atoms with van der Waals surface area (Å²) in [6.07, 6.45) is 41.7. The number of unbranched alkanes of at least 4 members (excludes halogenated alkanes) is 18. The minimum absolute atomic E-state index is 0.0840. The second-order valence-corrected chi connectivity index (χ2v) is 12.8. The molecular weight excluding hydrogens is 572 g/mol. The highest BCUT2D eigenvalue weighted by Crippen LogP contribution is 2.12. The van der Waals surface area contributed by atoms with E-state index in [0.717, 1.165) is 64.2 Å². The summed E-state index contributed by atoms with van der Waals surface area (Å²) < 4.78 is 17.1. The van der Waals surface area contributed by atoms with E-state index in [1.807, 2.05) is 0 Å². The van der Waals surface area contributed by atoms with Crippen LogP contribution in [0.25, 0.3) is 0 Å². The molecule has 0 radical (unpaired) electrons. The highest BCUT2D eigenvalue weighted by molar-refractivity contribution is 5.70. The monoisotopic (exact) mass is 647 g/mol. The largest absolute Gasteiger partial charge is 0.462 e. The van der Waals surface area contributed by atoms with Crippen molar-refractivity contribution in [1.29, 1.82) is 0 Å². The lowest BCUT2D eigenvalue weighted by atomic mass is 10.1. The Morgan fingerprint density at radius 2 is 0.978 bits per heavy atom. The Labute approximate surface area is 285 Å². The summed E-state index contributed by atoms with van der Waals surface area (Å²) in [5, 5.41) is 0. The van der Waals surface area contributed by atoms with Gasteiger partial charge in [-0.05, 0) is 51.4 Å². The van der Waals surface area contributed by atoms with E-state index in [9.17, 15) is 9.59 Å². The van der Waals surface area contributed by atoms with Gasteiger partial charge >= 0.3 is 11.9 Å². The van der Waals surface area contributed by atoms with Crippen molar-refractivity contribution >= 4 is 11.9 Å². The molecule has 0 saturated heterocycles. The van der Waals surface area contributed by atoms with Crippen LogP contribution in [0.3, 0.4) is 0 Å². The van der Waals surface area contributed by atoms with Crippen LogP contribution in [0.5, 0.6) is 0 Å². The predicted molar refractivity (Wildman–Crippen MR) is 196 cm³/mol. The van der Waals surface area contributed by atoms with Crippen molar-refractivity contribution in [2.45, 2.75) is 194 Å². The van der Waals surface area contributed by atoms with Gasteiger partial charge in [-0.1, -0.05) is 160 Å². The maximum absolute atomic E-state index is 12.4. The standard InChI is InChI=1S/C41H74O5/c1-4-7-10-13-15-16-17-18-19-20-21-22-23-24-25-27-30-33-36-44-37-39(46-41(43)35-32-28-12-9-6-3)38-45-40(42)34-31-29-26-14-11-8-5-2/h7,10,15-16,18-19,39H,4-6,8-9,11-14,17,20-38H2,1-3H3/b10-7-,16-15-,19-18-. The van der Waals surface area contributed by atoms with Crippen molar-refractivity contribution in [1.82, 2.24) is 0 Å². The van der Waals surface area contributed by atoms with Gasteiger partial charge in [0.25, 0.3) is 0 Å². The summed E-state index contributed by atoms with van der Waals surface area (Å²) in [6, 6.07) is 0. The number of esters is 2. The zero-order valence-electron chi connectivity index (χ0n) is 30.6. The molecule has 0 fully saturated rings. The number of ether oxygens (including phenoxy) is 3. The fraction of sp³-hybridized carbons (Fsp3) is 0.805. The molecule has 0 N–H and O–H groups in total. The molecule has 0 aliphatic heterocycles. The third-order valence-electron chi connectivity index (χ3n) is 8.19. The van der Waals surface area contributed by atoms with Crippen LogP contribution in [-0.4, -0.2) is 37.9 Å². The molecule has 0 aliphatic rings. The predicted octanol–water partition coefficient (Wildman–Crippen LogP) is 12.3. The van der Waals surface area contributed by atoms with Gasteiger partial charge in [-0.2, -0.15) is 0 Å². The maximum Gasteiger partial charge on any atom is 0.306 e. The summed E-state index contributed by atoms with van der Waals surface area (Å²) in [4.78, 5) is 24.7. The Balaban J connectivity index is 4.02. The topological polar surface area (TPSA) is 61.8 Å². The molecule has 0 spiro atoms. The van der Waals surface area contributed by atoms with E-state index in [1.165, 1.54) is 89.9 Å². The fourth-order valence-corrected chi connectivity index (χ4v) is 5.29. The average Bonchev–Trinajstić information content (AvgIpc) is 3.05. The van der Waals surface area contributed by atoms with Gasteiger partial charge in [0.15, 0.2) is 6.10 Å². The Hall–Kier alpha value is -1.88. The Morgan fingerprint density at radius 3 is 1.57 bits per heavy atom. The first kappa shape index (κ1) is 44.1. The molecule has 268 valence electrons. The van der Waals surface area contributed by atoms with E-state index >= 15 is 0 Å². The lowest BCUT2D eigenvalue weighted by Crippen LogP contribution is -2.30. The van der Waals surface area contributed by atoms with Crippen LogP contribution < -0.4 is 0 Å². The Morgan fingerprint density at radius 1 is 0.500 bits per heavy atom. The number of hydrogen-bond donors (Lipinski definition) is 0. The molecule has 0 saturated carbocycles. The molecule has 5 nitrogen and oxygen atoms in total. The van der Waals surface area contributed by atoms with E-state index in [0.29, 0.717) is 19.4 Å². The lowest BCUT2D eigenvalue weighted by Gasteiger charge is -2.18. The molecule has 0 aromatic carbocycles. The van der Waals surface area contributed by atoms with Gasteiger partial charge in [-0.25, -0.2) is 0 Å². The van der Waals surface area contributed by atoms with Crippen LogP contribution in [-0.2, 0) is 23.8 Å². The van der Waals surface area contributed by atoms with Crippen LogP contribution >= 0.6 is 0 Å². The van der Waals surface area contributed by atoms with E-state index in [-0.39, 0.29) is 25.2 Å². The molecule has 1 atom stereocenters. The van der Waals surface area contributed by atoms with E-state index in [4.69, 9.17) is 14.2 Å². The van der Waals surface area contributed by atoms with Gasteiger partial charge in [-0.3, -0.25) is 9.59 Å². The minimum Gasteiger partial charge on any atom is -0.462 e. The Bertz CT molecular complexity index is 741. The zero-order valence-corrected chi connectivity index (χ0v) is 30.6. The van der Waals surface area contributed by atoms with Gasteiger partial charge in [0, 0.05) is 19.4 Å². The smallest absolute Gasteiger partial charge is 0.306 e. The van der Waals surface area contributed by atoms with Gasteiger partial charge in [0.2, 0.25) is 0 Å². The summed E-state index contributed by atoms with van der Waals surface area (Å²) in [6.45, 7) is 7.59. The molecule has 0 heterocycles. The third-order valence-corrected chi connectivity index (χ3v) is 8.19. The summed E-state index contributed by atoms with van der Waals surface area (Å²) in [7, 11) is 0. The minimum atomic E-state index is -0.527. The van der Waals surface area contributed by atoms with Crippen LogP contribution in [0, 0.1) is 0 Å². The maximum atomic E-state index is 12.4. The first-order valence-corrected chi connectivity index (χ1v) is 19.5. The first-order valence-electron chi connectivity index (χ1n) is 19.5. The van der Waals surface area contributed by atoms with Gasteiger partial charge in [0.05, 0.1) is 6.61 Å². The van der Waals surface area contributed by atoms with Crippen molar-refractivity contribution < 1.29 is 23.8 Å². The molecule has 46 heavy (non-hydrogen) atoms. The zero-order chi connectivity index (χ0) is 33.6. The van der Waals surface area contributed by atoms with E-state index < -0.39 is 6.10 Å². The van der Waals surface area contributed by atoms with Crippen LogP contribution in [0.15, 0.2) is 36.5 Å². The fourth-order valence-electron chi connectivity index (χ4n) is 5.29. The SMILES string of the molecule is CC/C=C\C/C=C\C/C=C\CCCCCCCCCCOCC(COC(=O)CCCCCCCCC)OC(=O)CCCCCCC. The van der Waals surface area contributed by atoms with Gasteiger partial charge < -0.3 is 14.2 Å². The quantitative estimate of drug-likeness (QED) is 0.0389. The van der Waals surface area contributed by atoms with Crippen molar-refractivity contribution in [3.63, 3.8) is 0 Å². The van der Waals surface area contributed by atoms with Crippen molar-refractivity contribution in [2.75, 3.05) is 19.8 Å². The summed E-state index contributed by atoms with van der Waals surface area (Å²) >= 11 is 0. The van der Waals surface area contributed by atoms with Crippen molar-refractivity contribution in [3.05, 3.63) is 36.5 Å². The number of hydrogen-bond acceptors (Lipinski definition) is 5. The number of carbonyl (C=O) groups excluding carboxylic acids is 2. The first-order chi connectivity index (χ1) is 22.6. The van der Waals surface area contributed by atoms with Gasteiger partial charge in [-0.15, -0.1) is 0 Å². The summed E-state index contributed by atoms with van der Waals surface area (Å²) in [5.41, 5.74) is 0. The molecule has 0 bridgehead atoms. The highest BCUT2D eigenvalue weighted by atomic mass is 16.6. The summed E-state index contributed by atoms with van der Waals surface area (Å²) in [5.74, 6) is -0.419. The number of carbonyl (C=O) groups is 2. The number of rotatable bonds is 35. The van der Waals surface area contributed by atoms with Crippen LogP contribution in [0.1, 0.15) is 188 Å². The van der Waals surface area contributed by atoms with Crippen molar-refractivity contribution in [3.8, 4) is 0 Å². The molecule has 0 amide bonds. The van der Waals surface area contributed by atoms with Crippen molar-refractivity contribution in [2.24, 2.45) is 0 Å². The normalized spacial score (nSPS) is 12.5. The number of allylic oxidation sites excluding steroid dienone is 6. The highest BCUT2D eigenvalue weighted by Gasteiger charge is 2.17.